The van der Waals surface area contributed by atoms with Crippen molar-refractivity contribution in [3.05, 3.63) is 71.7 Å². The monoisotopic (exact) mass is 376 g/mol. The molecule has 0 fully saturated rings. The third-order valence-corrected chi connectivity index (χ3v) is 4.06. The molecule has 0 atom stereocenters. The molecule has 5 nitrogen and oxygen atoms in total. The number of aromatic nitrogens is 2. The van der Waals surface area contributed by atoms with Crippen LogP contribution >= 0.6 is 0 Å². The van der Waals surface area contributed by atoms with E-state index in [0.717, 1.165) is 29.0 Å². The Balaban J connectivity index is 1.37. The largest absolute Gasteiger partial charge is 0.416 e. The molecule has 0 radical (unpaired) electrons. The average molecular weight is 376 g/mol. The highest BCUT2D eigenvalue weighted by atomic mass is 19.4. The summed E-state index contributed by atoms with van der Waals surface area (Å²) >= 11 is 0. The first kappa shape index (κ1) is 18.8. The highest BCUT2D eigenvalue weighted by molar-refractivity contribution is 5.73. The molecule has 8 heteroatoms. The Labute approximate surface area is 154 Å². The summed E-state index contributed by atoms with van der Waals surface area (Å²) < 4.78 is 39.4. The highest BCUT2D eigenvalue weighted by Crippen LogP contribution is 2.29. The third kappa shape index (κ3) is 5.22. The standard InChI is InChI=1S/C19H19F3N4O/c20-19(21,22)15-6-4-14(5-7-15)8-10-23-18(27)24-11-9-16-13-26-12-2-1-3-17(26)25-16/h1-7,12-13H,8-11H2,(H2,23,24,27). The van der Waals surface area contributed by atoms with Crippen LogP contribution in [0.3, 0.4) is 0 Å². The number of amides is 2. The smallest absolute Gasteiger partial charge is 0.338 e. The maximum atomic E-state index is 12.5. The number of carbonyl (C=O) groups excluding carboxylic acids is 1. The van der Waals surface area contributed by atoms with Crippen molar-refractivity contribution in [1.82, 2.24) is 20.0 Å². The Morgan fingerprint density at radius 2 is 1.70 bits per heavy atom. The van der Waals surface area contributed by atoms with Gasteiger partial charge in [0.1, 0.15) is 5.65 Å². The van der Waals surface area contributed by atoms with Crippen LogP contribution in [0.4, 0.5) is 18.0 Å². The lowest BCUT2D eigenvalue weighted by Crippen LogP contribution is -2.37. The van der Waals surface area contributed by atoms with Gasteiger partial charge < -0.3 is 15.0 Å². The summed E-state index contributed by atoms with van der Waals surface area (Å²) in [6.45, 7) is 0.779. The zero-order chi connectivity index (χ0) is 19.3. The maximum absolute atomic E-state index is 12.5. The number of hydrogen-bond donors (Lipinski definition) is 2. The molecule has 0 bridgehead atoms. The van der Waals surface area contributed by atoms with Crippen molar-refractivity contribution >= 4 is 11.7 Å². The predicted molar refractivity (Wildman–Crippen MR) is 95.4 cm³/mol. The fourth-order valence-corrected chi connectivity index (χ4v) is 2.66. The van der Waals surface area contributed by atoms with Gasteiger partial charge in [0.2, 0.25) is 0 Å². The summed E-state index contributed by atoms with van der Waals surface area (Å²) in [6.07, 6.45) is 0.552. The molecule has 2 heterocycles. The fourth-order valence-electron chi connectivity index (χ4n) is 2.66. The second-order valence-electron chi connectivity index (χ2n) is 6.08. The Morgan fingerprint density at radius 3 is 2.37 bits per heavy atom. The van der Waals surface area contributed by atoms with Crippen molar-refractivity contribution in [3.8, 4) is 0 Å². The van der Waals surface area contributed by atoms with Gasteiger partial charge in [0.25, 0.3) is 0 Å². The SMILES string of the molecule is O=C(NCCc1ccc(C(F)(F)F)cc1)NCCc1cn2ccccc2n1. The number of alkyl halides is 3. The minimum atomic E-state index is -4.34. The van der Waals surface area contributed by atoms with E-state index in [9.17, 15) is 18.0 Å². The number of nitrogens with one attached hydrogen (secondary N) is 2. The molecule has 1 aromatic carbocycles. The maximum Gasteiger partial charge on any atom is 0.416 e. The minimum absolute atomic E-state index is 0.314. The van der Waals surface area contributed by atoms with E-state index in [0.29, 0.717) is 25.9 Å². The van der Waals surface area contributed by atoms with Crippen LogP contribution in [0.1, 0.15) is 16.8 Å². The summed E-state index contributed by atoms with van der Waals surface area (Å²) in [5.74, 6) is 0. The normalized spacial score (nSPS) is 11.5. The number of halogens is 3. The molecule has 3 rings (SSSR count). The quantitative estimate of drug-likeness (QED) is 0.692. The number of carbonyl (C=O) groups is 1. The number of imidazole rings is 1. The van der Waals surface area contributed by atoms with E-state index in [-0.39, 0.29) is 6.03 Å². The number of benzene rings is 1. The molecular formula is C19H19F3N4O. The summed E-state index contributed by atoms with van der Waals surface area (Å²) in [7, 11) is 0. The van der Waals surface area contributed by atoms with Crippen molar-refractivity contribution in [1.29, 1.82) is 0 Å². The third-order valence-electron chi connectivity index (χ3n) is 4.06. The summed E-state index contributed by atoms with van der Waals surface area (Å²) in [6, 6.07) is 10.4. The molecule has 2 N–H and O–H groups in total. The molecule has 3 aromatic rings. The van der Waals surface area contributed by atoms with E-state index < -0.39 is 11.7 Å². The van der Waals surface area contributed by atoms with Crippen LogP contribution in [0.5, 0.6) is 0 Å². The van der Waals surface area contributed by atoms with Crippen molar-refractivity contribution in [2.75, 3.05) is 13.1 Å². The number of pyridine rings is 1. The molecule has 2 amide bonds. The zero-order valence-electron chi connectivity index (χ0n) is 14.5. The lowest BCUT2D eigenvalue weighted by atomic mass is 10.1. The van der Waals surface area contributed by atoms with Crippen LogP contribution in [0.15, 0.2) is 54.9 Å². The van der Waals surface area contributed by atoms with E-state index in [1.807, 2.05) is 35.0 Å². The van der Waals surface area contributed by atoms with Gasteiger partial charge in [0.15, 0.2) is 0 Å². The lowest BCUT2D eigenvalue weighted by molar-refractivity contribution is -0.137. The van der Waals surface area contributed by atoms with Crippen LogP contribution in [0.2, 0.25) is 0 Å². The van der Waals surface area contributed by atoms with Crippen molar-refractivity contribution < 1.29 is 18.0 Å². The number of hydrogen-bond acceptors (Lipinski definition) is 2. The van der Waals surface area contributed by atoms with Crippen LogP contribution in [-0.4, -0.2) is 28.5 Å². The second-order valence-corrected chi connectivity index (χ2v) is 6.08. The molecule has 142 valence electrons. The molecule has 2 aromatic heterocycles. The van der Waals surface area contributed by atoms with Crippen molar-refractivity contribution in [2.24, 2.45) is 0 Å². The number of rotatable bonds is 6. The Hall–Kier alpha value is -3.03. The summed E-state index contributed by atoms with van der Waals surface area (Å²) in [5.41, 5.74) is 1.79. The van der Waals surface area contributed by atoms with E-state index >= 15 is 0 Å². The Bertz CT molecular complexity index is 870. The molecule has 0 saturated heterocycles. The fraction of sp³-hybridized carbons (Fsp3) is 0.263. The number of fused-ring (bicyclic) bond motifs is 1. The molecule has 0 aliphatic carbocycles. The average Bonchev–Trinajstić information content (AvgIpc) is 3.04. The van der Waals surface area contributed by atoms with Crippen molar-refractivity contribution in [3.63, 3.8) is 0 Å². The van der Waals surface area contributed by atoms with Gasteiger partial charge in [-0.1, -0.05) is 18.2 Å². The van der Waals surface area contributed by atoms with Gasteiger partial charge in [0, 0.05) is 31.9 Å². The topological polar surface area (TPSA) is 58.4 Å². The Morgan fingerprint density at radius 1 is 1.00 bits per heavy atom. The molecule has 0 spiro atoms. The molecule has 0 saturated carbocycles. The van der Waals surface area contributed by atoms with Gasteiger partial charge in [-0.25, -0.2) is 9.78 Å². The van der Waals surface area contributed by atoms with E-state index in [2.05, 4.69) is 15.6 Å². The molecule has 0 aliphatic rings. The van der Waals surface area contributed by atoms with Crippen LogP contribution < -0.4 is 10.6 Å². The first-order valence-electron chi connectivity index (χ1n) is 8.52. The van der Waals surface area contributed by atoms with Crippen LogP contribution in [0, 0.1) is 0 Å². The van der Waals surface area contributed by atoms with Gasteiger partial charge in [-0.15, -0.1) is 0 Å². The van der Waals surface area contributed by atoms with Gasteiger partial charge >= 0.3 is 12.2 Å². The lowest BCUT2D eigenvalue weighted by Gasteiger charge is -2.09. The van der Waals surface area contributed by atoms with E-state index in [1.165, 1.54) is 12.1 Å². The summed E-state index contributed by atoms with van der Waals surface area (Å²) in [5, 5.41) is 5.43. The highest BCUT2D eigenvalue weighted by Gasteiger charge is 2.29. The number of nitrogens with zero attached hydrogens (tertiary/aromatic N) is 2. The zero-order valence-corrected chi connectivity index (χ0v) is 14.5. The minimum Gasteiger partial charge on any atom is -0.338 e. The first-order chi connectivity index (χ1) is 12.9. The summed E-state index contributed by atoms with van der Waals surface area (Å²) in [4.78, 5) is 16.2. The molecule has 27 heavy (non-hydrogen) atoms. The second kappa shape index (κ2) is 8.11. The van der Waals surface area contributed by atoms with Crippen LogP contribution in [-0.2, 0) is 19.0 Å². The number of urea groups is 1. The van der Waals surface area contributed by atoms with Gasteiger partial charge in [-0.05, 0) is 36.2 Å². The molecular weight excluding hydrogens is 357 g/mol. The van der Waals surface area contributed by atoms with Gasteiger partial charge in [-0.3, -0.25) is 0 Å². The predicted octanol–water partition coefficient (Wildman–Crippen LogP) is 3.44. The molecule has 0 unspecified atom stereocenters. The van der Waals surface area contributed by atoms with Crippen molar-refractivity contribution in [2.45, 2.75) is 19.0 Å². The van der Waals surface area contributed by atoms with Crippen LogP contribution in [0.25, 0.3) is 5.65 Å². The van der Waals surface area contributed by atoms with E-state index in [4.69, 9.17) is 0 Å². The first-order valence-corrected chi connectivity index (χ1v) is 8.52. The Kier molecular flexibility index (Phi) is 5.63. The van der Waals surface area contributed by atoms with Gasteiger partial charge in [-0.2, -0.15) is 13.2 Å². The molecule has 0 aliphatic heterocycles. The van der Waals surface area contributed by atoms with E-state index in [1.54, 1.807) is 0 Å². The van der Waals surface area contributed by atoms with Gasteiger partial charge in [0.05, 0.1) is 11.3 Å².